The molecule has 16 nitrogen and oxygen atoms in total. The molecule has 2 N–H and O–H groups in total. The Balaban J connectivity index is 1.12. The average Bonchev–Trinajstić information content (AvgIpc) is 4.07. The first kappa shape index (κ1) is 48.8. The fourth-order valence-corrected chi connectivity index (χ4v) is 11.6. The number of nitrogens with zero attached hydrogens (tertiary/aromatic N) is 7. The van der Waals surface area contributed by atoms with Gasteiger partial charge in [0.25, 0.3) is 5.91 Å². The first-order chi connectivity index (χ1) is 32.5. The van der Waals surface area contributed by atoms with Gasteiger partial charge in [-0.2, -0.15) is 0 Å². The SMILES string of the molecule is C=CC(=O)N1CC[C@H]2CN(C(=O)N(C)[C@H](C(=O)N[C@H]3Cc4nc(cs4)-c4ccc5c(c4)c(c(-c4cccnc4[C@H](C)OC)n5CC)CC(C)(C)COC(=O)[C@@H]4CCCN(N4)C3=O)C(C)C)C[C@H]2C1. The molecule has 0 spiro atoms. The quantitative estimate of drug-likeness (QED) is 0.145. The molecular formula is C51H67N9O7S. The molecular weight excluding hydrogens is 883 g/mol. The summed E-state index contributed by atoms with van der Waals surface area (Å²) in [6.45, 7) is 19.1. The van der Waals surface area contributed by atoms with Crippen molar-refractivity contribution in [1.29, 1.82) is 0 Å². The predicted octanol–water partition coefficient (Wildman–Crippen LogP) is 6.25. The molecule has 0 saturated carbocycles. The Hall–Kier alpha value is -5.65. The molecule has 7 heterocycles. The van der Waals surface area contributed by atoms with E-state index in [9.17, 15) is 24.0 Å². The third-order valence-electron chi connectivity index (χ3n) is 14.3. The van der Waals surface area contributed by atoms with Crippen LogP contribution in [0.1, 0.15) is 83.2 Å². The Morgan fingerprint density at radius 2 is 1.85 bits per heavy atom. The van der Waals surface area contributed by atoms with E-state index in [2.05, 4.69) is 66.9 Å². The Bertz CT molecular complexity index is 2570. The number of hydrogen-bond donors (Lipinski definition) is 2. The molecule has 0 aliphatic carbocycles. The van der Waals surface area contributed by atoms with Gasteiger partial charge in [-0.1, -0.05) is 40.3 Å². The predicted molar refractivity (Wildman–Crippen MR) is 261 cm³/mol. The second kappa shape index (κ2) is 20.1. The lowest BCUT2D eigenvalue weighted by molar-refractivity contribution is -0.155. The average molecular weight is 950 g/mol. The zero-order valence-electron chi connectivity index (χ0n) is 40.7. The smallest absolute Gasteiger partial charge is 0.324 e. The van der Waals surface area contributed by atoms with Gasteiger partial charge >= 0.3 is 12.0 Å². The van der Waals surface area contributed by atoms with Crippen molar-refractivity contribution >= 4 is 52.0 Å². The van der Waals surface area contributed by atoms with Crippen molar-refractivity contribution in [2.45, 2.75) is 104 Å². The number of hydrazine groups is 1. The number of aromatic nitrogens is 3. The number of nitrogens with one attached hydrogen (secondary N) is 2. The molecule has 4 aliphatic heterocycles. The van der Waals surface area contributed by atoms with Gasteiger partial charge < -0.3 is 34.1 Å². The topological polar surface area (TPSA) is 172 Å². The number of pyridine rings is 1. The number of aryl methyl sites for hydroxylation is 1. The van der Waals surface area contributed by atoms with Crippen molar-refractivity contribution in [2.24, 2.45) is 23.2 Å². The number of cyclic esters (lactones) is 1. The number of amides is 5. The fraction of sp³-hybridized carbons (Fsp3) is 0.549. The van der Waals surface area contributed by atoms with Gasteiger partial charge in [-0.3, -0.25) is 29.2 Å². The van der Waals surface area contributed by atoms with Crippen molar-refractivity contribution in [1.82, 2.24) is 45.0 Å². The Labute approximate surface area is 403 Å². The summed E-state index contributed by atoms with van der Waals surface area (Å²) in [5.41, 5.74) is 9.30. The Morgan fingerprint density at radius 3 is 2.59 bits per heavy atom. The van der Waals surface area contributed by atoms with Crippen molar-refractivity contribution in [2.75, 3.05) is 53.5 Å². The number of thiazole rings is 1. The van der Waals surface area contributed by atoms with Crippen LogP contribution in [0.15, 0.2) is 54.6 Å². The number of rotatable bonds is 9. The summed E-state index contributed by atoms with van der Waals surface area (Å²) >= 11 is 1.42. The van der Waals surface area contributed by atoms with E-state index in [1.807, 2.05) is 32.2 Å². The summed E-state index contributed by atoms with van der Waals surface area (Å²) in [6, 6.07) is 7.39. The van der Waals surface area contributed by atoms with Gasteiger partial charge in [0.1, 0.15) is 18.1 Å². The zero-order valence-corrected chi connectivity index (χ0v) is 41.6. The monoisotopic (exact) mass is 949 g/mol. The largest absolute Gasteiger partial charge is 0.464 e. The number of piperidine rings is 1. The number of hydrogen-bond acceptors (Lipinski definition) is 11. The third-order valence-corrected chi connectivity index (χ3v) is 15.2. The summed E-state index contributed by atoms with van der Waals surface area (Å²) in [5.74, 6) is -1.34. The van der Waals surface area contributed by atoms with Crippen LogP contribution >= 0.6 is 11.3 Å². The molecule has 3 fully saturated rings. The summed E-state index contributed by atoms with van der Waals surface area (Å²) in [4.78, 5) is 84.8. The van der Waals surface area contributed by atoms with Crippen LogP contribution < -0.4 is 10.7 Å². The molecule has 68 heavy (non-hydrogen) atoms. The number of carbonyl (C=O) groups excluding carboxylic acids is 5. The molecule has 1 aromatic carbocycles. The molecule has 3 aromatic heterocycles. The van der Waals surface area contributed by atoms with Gasteiger partial charge in [-0.05, 0) is 93.2 Å². The third kappa shape index (κ3) is 9.79. The van der Waals surface area contributed by atoms with Crippen LogP contribution in [0.5, 0.6) is 0 Å². The van der Waals surface area contributed by atoms with Gasteiger partial charge in [0.2, 0.25) is 11.8 Å². The highest BCUT2D eigenvalue weighted by atomic mass is 32.1. The Morgan fingerprint density at radius 1 is 1.09 bits per heavy atom. The first-order valence-electron chi connectivity index (χ1n) is 24.1. The highest BCUT2D eigenvalue weighted by molar-refractivity contribution is 7.10. The minimum Gasteiger partial charge on any atom is -0.464 e. The van der Waals surface area contributed by atoms with Crippen LogP contribution in [0, 0.1) is 23.2 Å². The molecule has 4 aliphatic rings. The molecule has 364 valence electrons. The van der Waals surface area contributed by atoms with Crippen molar-refractivity contribution in [3.05, 3.63) is 70.8 Å². The minimum atomic E-state index is -1.08. The normalized spacial score (nSPS) is 22.9. The van der Waals surface area contributed by atoms with E-state index in [0.29, 0.717) is 63.5 Å². The maximum Gasteiger partial charge on any atom is 0.324 e. The maximum atomic E-state index is 14.7. The van der Waals surface area contributed by atoms with Gasteiger partial charge in [-0.25, -0.2) is 15.2 Å². The van der Waals surface area contributed by atoms with Gasteiger partial charge in [0.15, 0.2) is 0 Å². The van der Waals surface area contributed by atoms with Crippen LogP contribution in [0.2, 0.25) is 0 Å². The number of ether oxygens (including phenoxy) is 2. The van der Waals surface area contributed by atoms with Gasteiger partial charge in [0, 0.05) is 98.9 Å². The summed E-state index contributed by atoms with van der Waals surface area (Å²) in [5, 5.41) is 8.17. The highest BCUT2D eigenvalue weighted by Gasteiger charge is 2.43. The van der Waals surface area contributed by atoms with E-state index < -0.39 is 41.3 Å². The number of carbonyl (C=O) groups is 5. The lowest BCUT2D eigenvalue weighted by Crippen LogP contribution is -2.62. The number of methoxy groups -OCH3 is 1. The summed E-state index contributed by atoms with van der Waals surface area (Å²) in [6.07, 6.45) is 5.33. The standard InChI is InChI=1S/C51H67N9O7S/c1-10-43(61)57-21-18-33-25-58(27-34(33)26-57)50(65)56(8)45(30(3)4)47(62)54-39-23-42-53-40(28-68-42)32-16-17-41-36(22-32)37(46(59(41)11-2)35-14-12-19-52-44(35)31(5)66-9)24-51(6,7)29-67-49(64)38-15-13-20-60(55-38)48(39)63/h10,12,14,16-17,19,22,28,30-31,33-34,38-39,45,55H,1,11,13,15,18,20-21,23-27,29H2,2-9H3,(H,54,62)/t31-,33-,34+,38-,39-,45-/m0/s1. The van der Waals surface area contributed by atoms with Crippen molar-refractivity contribution < 1.29 is 33.4 Å². The maximum absolute atomic E-state index is 14.7. The number of urea groups is 1. The van der Waals surface area contributed by atoms with Crippen LogP contribution in [0.25, 0.3) is 33.4 Å². The highest BCUT2D eigenvalue weighted by Crippen LogP contribution is 2.42. The van der Waals surface area contributed by atoms with Crippen LogP contribution in [-0.4, -0.2) is 136 Å². The zero-order chi connectivity index (χ0) is 48.6. The van der Waals surface area contributed by atoms with Gasteiger partial charge in [-0.15, -0.1) is 11.3 Å². The van der Waals surface area contributed by atoms with Crippen LogP contribution in [-0.2, 0) is 48.0 Å². The van der Waals surface area contributed by atoms with E-state index in [-0.39, 0.29) is 48.8 Å². The molecule has 3 saturated heterocycles. The van der Waals surface area contributed by atoms with E-state index in [1.165, 1.54) is 27.3 Å². The lowest BCUT2D eigenvalue weighted by Gasteiger charge is -2.37. The molecule has 0 unspecified atom stereocenters. The lowest BCUT2D eigenvalue weighted by atomic mass is 9.84. The van der Waals surface area contributed by atoms with E-state index >= 15 is 0 Å². The summed E-state index contributed by atoms with van der Waals surface area (Å²) < 4.78 is 14.3. The Kier molecular flexibility index (Phi) is 14.4. The molecule has 4 aromatic rings. The number of likely N-dealkylation sites (tertiary alicyclic amines) is 2. The number of fused-ring (bicyclic) bond motifs is 7. The molecule has 8 rings (SSSR count). The fourth-order valence-electron chi connectivity index (χ4n) is 10.7. The summed E-state index contributed by atoms with van der Waals surface area (Å²) in [7, 11) is 3.33. The minimum absolute atomic E-state index is 0.0833. The molecule has 0 radical (unpaired) electrons. The van der Waals surface area contributed by atoms with Crippen LogP contribution in [0.3, 0.4) is 0 Å². The molecule has 6 bridgehead atoms. The van der Waals surface area contributed by atoms with Crippen molar-refractivity contribution in [3.63, 3.8) is 0 Å². The first-order valence-corrected chi connectivity index (χ1v) is 25.0. The van der Waals surface area contributed by atoms with Crippen LogP contribution in [0.4, 0.5) is 4.79 Å². The number of likely N-dealkylation sites (N-methyl/N-ethyl adjacent to an activating group) is 1. The number of esters is 1. The van der Waals surface area contributed by atoms with E-state index in [4.69, 9.17) is 19.4 Å². The number of benzene rings is 1. The van der Waals surface area contributed by atoms with Crippen molar-refractivity contribution in [3.8, 4) is 22.5 Å². The van der Waals surface area contributed by atoms with E-state index in [0.717, 1.165) is 51.1 Å². The molecule has 17 heteroatoms. The van der Waals surface area contributed by atoms with Gasteiger partial charge in [0.05, 0.1) is 34.8 Å². The van der Waals surface area contributed by atoms with E-state index in [1.54, 1.807) is 30.2 Å². The second-order valence-electron chi connectivity index (χ2n) is 20.1. The molecule has 6 atom stereocenters. The second-order valence-corrected chi connectivity index (χ2v) is 21.0. The molecule has 5 amide bonds.